The van der Waals surface area contributed by atoms with Gasteiger partial charge in [-0.05, 0) is 36.4 Å². The van der Waals surface area contributed by atoms with Crippen molar-refractivity contribution >= 4 is 16.8 Å². The Morgan fingerprint density at radius 3 is 3.00 bits per heavy atom. The van der Waals surface area contributed by atoms with Crippen LogP contribution in [-0.2, 0) is 0 Å². The molecule has 1 heterocycles. The van der Waals surface area contributed by atoms with Crippen LogP contribution in [0, 0.1) is 0 Å². The minimum Gasteiger partial charge on any atom is -0.361 e. The molecular formula is C14H17N3O. The molecule has 1 saturated carbocycles. The van der Waals surface area contributed by atoms with Gasteiger partial charge >= 0.3 is 0 Å². The van der Waals surface area contributed by atoms with Gasteiger partial charge in [0, 0.05) is 36.4 Å². The topological polar surface area (TPSA) is 56.9 Å². The number of nitrogens with one attached hydrogen (secondary N) is 3. The number of amides is 1. The van der Waals surface area contributed by atoms with E-state index in [0.29, 0.717) is 18.2 Å². The summed E-state index contributed by atoms with van der Waals surface area (Å²) in [5, 5.41) is 7.42. The third kappa shape index (κ3) is 2.54. The molecule has 94 valence electrons. The van der Waals surface area contributed by atoms with Crippen molar-refractivity contribution in [2.75, 3.05) is 13.1 Å². The largest absolute Gasteiger partial charge is 0.361 e. The maximum absolute atomic E-state index is 11.9. The van der Waals surface area contributed by atoms with E-state index in [0.717, 1.165) is 17.4 Å². The Labute approximate surface area is 106 Å². The van der Waals surface area contributed by atoms with E-state index < -0.39 is 0 Å². The van der Waals surface area contributed by atoms with Gasteiger partial charge in [-0.1, -0.05) is 6.07 Å². The second-order valence-electron chi connectivity index (χ2n) is 4.76. The zero-order valence-electron chi connectivity index (χ0n) is 10.2. The van der Waals surface area contributed by atoms with Crippen molar-refractivity contribution in [1.82, 2.24) is 15.6 Å². The first-order valence-electron chi connectivity index (χ1n) is 6.42. The molecule has 18 heavy (non-hydrogen) atoms. The van der Waals surface area contributed by atoms with Crippen LogP contribution in [0.4, 0.5) is 0 Å². The minimum absolute atomic E-state index is 0.0101. The molecule has 1 fully saturated rings. The van der Waals surface area contributed by atoms with Gasteiger partial charge in [-0.3, -0.25) is 4.79 Å². The molecule has 1 aliphatic carbocycles. The van der Waals surface area contributed by atoms with Crippen LogP contribution in [0.3, 0.4) is 0 Å². The summed E-state index contributed by atoms with van der Waals surface area (Å²) >= 11 is 0. The fourth-order valence-electron chi connectivity index (χ4n) is 2.03. The normalized spacial score (nSPS) is 14.9. The Morgan fingerprint density at radius 1 is 1.28 bits per heavy atom. The lowest BCUT2D eigenvalue weighted by Crippen LogP contribution is -2.32. The van der Waals surface area contributed by atoms with E-state index in [-0.39, 0.29) is 5.91 Å². The quantitative estimate of drug-likeness (QED) is 0.699. The van der Waals surface area contributed by atoms with Crippen LogP contribution in [0.2, 0.25) is 0 Å². The summed E-state index contributed by atoms with van der Waals surface area (Å²) in [6.45, 7) is 1.53. The number of H-pyrrole nitrogens is 1. The highest BCUT2D eigenvalue weighted by molar-refractivity contribution is 5.97. The highest BCUT2D eigenvalue weighted by atomic mass is 16.1. The zero-order valence-corrected chi connectivity index (χ0v) is 10.2. The molecule has 4 heteroatoms. The molecule has 3 rings (SSSR count). The van der Waals surface area contributed by atoms with Gasteiger partial charge in [0.2, 0.25) is 0 Å². The zero-order chi connectivity index (χ0) is 12.4. The second-order valence-corrected chi connectivity index (χ2v) is 4.76. The molecule has 0 radical (unpaired) electrons. The van der Waals surface area contributed by atoms with Gasteiger partial charge in [0.05, 0.1) is 0 Å². The fraction of sp³-hybridized carbons (Fsp3) is 0.357. The highest BCUT2D eigenvalue weighted by Crippen LogP contribution is 2.17. The van der Waals surface area contributed by atoms with Crippen molar-refractivity contribution in [1.29, 1.82) is 0 Å². The van der Waals surface area contributed by atoms with Crippen molar-refractivity contribution in [3.05, 3.63) is 36.0 Å². The van der Waals surface area contributed by atoms with Gasteiger partial charge in [-0.15, -0.1) is 0 Å². The molecule has 4 nitrogen and oxygen atoms in total. The number of aromatic amines is 1. The Bertz CT molecular complexity index is 557. The smallest absolute Gasteiger partial charge is 0.251 e. The van der Waals surface area contributed by atoms with Crippen LogP contribution < -0.4 is 10.6 Å². The SMILES string of the molecule is O=C(NCCNC1CC1)c1ccc2cc[nH]c2c1. The molecule has 2 aromatic rings. The maximum Gasteiger partial charge on any atom is 0.251 e. The summed E-state index contributed by atoms with van der Waals surface area (Å²) in [4.78, 5) is 15.0. The molecule has 0 unspecified atom stereocenters. The van der Waals surface area contributed by atoms with Crippen molar-refractivity contribution in [2.24, 2.45) is 0 Å². The van der Waals surface area contributed by atoms with Crippen LogP contribution in [0.1, 0.15) is 23.2 Å². The molecule has 0 bridgehead atoms. The van der Waals surface area contributed by atoms with Crippen LogP contribution in [0.25, 0.3) is 10.9 Å². The summed E-state index contributed by atoms with van der Waals surface area (Å²) in [7, 11) is 0. The molecule has 0 saturated heterocycles. The average Bonchev–Trinajstić information content (AvgIpc) is 3.09. The summed E-state index contributed by atoms with van der Waals surface area (Å²) in [5.41, 5.74) is 1.70. The lowest BCUT2D eigenvalue weighted by Gasteiger charge is -2.06. The van der Waals surface area contributed by atoms with Crippen molar-refractivity contribution < 1.29 is 4.79 Å². The predicted octanol–water partition coefficient (Wildman–Crippen LogP) is 1.65. The number of carbonyl (C=O) groups is 1. The minimum atomic E-state index is -0.0101. The number of fused-ring (bicyclic) bond motifs is 1. The first kappa shape index (κ1) is 11.3. The Balaban J connectivity index is 1.56. The van der Waals surface area contributed by atoms with Crippen LogP contribution >= 0.6 is 0 Å². The van der Waals surface area contributed by atoms with Crippen LogP contribution in [0.15, 0.2) is 30.5 Å². The fourth-order valence-corrected chi connectivity index (χ4v) is 2.03. The van der Waals surface area contributed by atoms with E-state index in [4.69, 9.17) is 0 Å². The highest BCUT2D eigenvalue weighted by Gasteiger charge is 2.19. The Morgan fingerprint density at radius 2 is 2.17 bits per heavy atom. The number of benzene rings is 1. The van der Waals surface area contributed by atoms with Gasteiger partial charge in [-0.25, -0.2) is 0 Å². The molecular weight excluding hydrogens is 226 g/mol. The number of carbonyl (C=O) groups excluding carboxylic acids is 1. The van der Waals surface area contributed by atoms with Crippen molar-refractivity contribution in [3.63, 3.8) is 0 Å². The molecule has 3 N–H and O–H groups in total. The monoisotopic (exact) mass is 243 g/mol. The molecule has 0 spiro atoms. The Kier molecular flexibility index (Phi) is 3.02. The van der Waals surface area contributed by atoms with Gasteiger partial charge in [0.25, 0.3) is 5.91 Å². The summed E-state index contributed by atoms with van der Waals surface area (Å²) in [5.74, 6) is -0.0101. The first-order chi connectivity index (χ1) is 8.83. The van der Waals surface area contributed by atoms with E-state index in [1.165, 1.54) is 12.8 Å². The Hall–Kier alpha value is -1.81. The molecule has 1 amide bonds. The van der Waals surface area contributed by atoms with Gasteiger partial charge in [0.15, 0.2) is 0 Å². The van der Waals surface area contributed by atoms with Crippen LogP contribution in [-0.4, -0.2) is 30.0 Å². The van der Waals surface area contributed by atoms with Crippen molar-refractivity contribution in [3.8, 4) is 0 Å². The predicted molar refractivity (Wildman–Crippen MR) is 71.7 cm³/mol. The molecule has 1 aliphatic rings. The standard InChI is InChI=1S/C14H17N3O/c18-14(17-8-7-15-12-3-4-12)11-2-1-10-5-6-16-13(10)9-11/h1-2,5-6,9,12,15-16H,3-4,7-8H2,(H,17,18). The van der Waals surface area contributed by atoms with E-state index in [1.807, 2.05) is 30.5 Å². The first-order valence-corrected chi connectivity index (χ1v) is 6.42. The third-order valence-electron chi connectivity index (χ3n) is 3.24. The third-order valence-corrected chi connectivity index (χ3v) is 3.24. The number of rotatable bonds is 5. The van der Waals surface area contributed by atoms with E-state index in [9.17, 15) is 4.79 Å². The average molecular weight is 243 g/mol. The van der Waals surface area contributed by atoms with Crippen molar-refractivity contribution in [2.45, 2.75) is 18.9 Å². The van der Waals surface area contributed by atoms with E-state index in [2.05, 4.69) is 15.6 Å². The van der Waals surface area contributed by atoms with Crippen LogP contribution in [0.5, 0.6) is 0 Å². The molecule has 1 aromatic carbocycles. The maximum atomic E-state index is 11.9. The van der Waals surface area contributed by atoms with Gasteiger partial charge < -0.3 is 15.6 Å². The van der Waals surface area contributed by atoms with E-state index in [1.54, 1.807) is 0 Å². The molecule has 1 aromatic heterocycles. The lowest BCUT2D eigenvalue weighted by atomic mass is 10.1. The summed E-state index contributed by atoms with van der Waals surface area (Å²) in [6, 6.07) is 8.40. The summed E-state index contributed by atoms with van der Waals surface area (Å²) in [6.07, 6.45) is 4.43. The number of aromatic nitrogens is 1. The number of hydrogen-bond acceptors (Lipinski definition) is 2. The molecule has 0 atom stereocenters. The van der Waals surface area contributed by atoms with Gasteiger partial charge in [-0.2, -0.15) is 0 Å². The summed E-state index contributed by atoms with van der Waals surface area (Å²) < 4.78 is 0. The second kappa shape index (κ2) is 4.82. The number of hydrogen-bond donors (Lipinski definition) is 3. The molecule has 0 aliphatic heterocycles. The lowest BCUT2D eigenvalue weighted by molar-refractivity contribution is 0.0954. The van der Waals surface area contributed by atoms with E-state index >= 15 is 0 Å². The van der Waals surface area contributed by atoms with Gasteiger partial charge in [0.1, 0.15) is 0 Å².